The van der Waals surface area contributed by atoms with Crippen molar-refractivity contribution in [3.63, 3.8) is 0 Å². The zero-order chi connectivity index (χ0) is 22.0. The van der Waals surface area contributed by atoms with E-state index in [1.165, 1.54) is 23.5 Å². The first-order chi connectivity index (χ1) is 14.8. The molecule has 1 atom stereocenters. The van der Waals surface area contributed by atoms with Gasteiger partial charge in [-0.15, -0.1) is 0 Å². The summed E-state index contributed by atoms with van der Waals surface area (Å²) in [5.41, 5.74) is 3.48. The largest absolute Gasteiger partial charge is 1.00 e. The van der Waals surface area contributed by atoms with Crippen molar-refractivity contribution >= 4 is 52.6 Å². The number of anilines is 1. The number of rotatable bonds is 5. The monoisotopic (exact) mass is 512 g/mol. The van der Waals surface area contributed by atoms with E-state index in [1.807, 2.05) is 30.0 Å². The first-order valence-corrected chi connectivity index (χ1v) is 12.4. The lowest BCUT2D eigenvalue weighted by molar-refractivity contribution is -0.924. The molecule has 0 saturated carbocycles. The average molecular weight is 514 g/mol. The van der Waals surface area contributed by atoms with Crippen molar-refractivity contribution in [2.45, 2.75) is 25.4 Å². The number of thioether (sulfide) groups is 1. The smallest absolute Gasteiger partial charge is 0.251 e. The van der Waals surface area contributed by atoms with E-state index in [0.29, 0.717) is 40.4 Å². The summed E-state index contributed by atoms with van der Waals surface area (Å²) in [6.45, 7) is 1.40. The average Bonchev–Trinajstić information content (AvgIpc) is 3.20. The second kappa shape index (κ2) is 10.7. The molecule has 2 aliphatic rings. The highest BCUT2D eigenvalue weighted by Gasteiger charge is 2.31. The number of nitrogens with zero attached hydrogens (tertiary/aromatic N) is 1. The summed E-state index contributed by atoms with van der Waals surface area (Å²) >= 11 is 14.3. The highest BCUT2D eigenvalue weighted by atomic mass is 35.5. The summed E-state index contributed by atoms with van der Waals surface area (Å²) in [6.07, 6.45) is 3.62. The SMILES string of the molecule is C[N+](C)(Cc1ccc(NC(=O)C2=Cc3cc(Cl)c(Cl)cc3OCC2)cc1)C1CCSC1.[Cl-]. The summed E-state index contributed by atoms with van der Waals surface area (Å²) in [4.78, 5) is 12.9. The maximum absolute atomic E-state index is 12.9. The number of hydrogen-bond donors (Lipinski definition) is 1. The topological polar surface area (TPSA) is 38.3 Å². The Kier molecular flexibility index (Phi) is 8.45. The van der Waals surface area contributed by atoms with Crippen LogP contribution in [0.4, 0.5) is 5.69 Å². The molecular weight excluding hydrogens is 487 g/mol. The van der Waals surface area contributed by atoms with Crippen LogP contribution >= 0.6 is 35.0 Å². The lowest BCUT2D eigenvalue weighted by atomic mass is 10.1. The van der Waals surface area contributed by atoms with Gasteiger partial charge in [0.15, 0.2) is 0 Å². The molecule has 1 N–H and O–H groups in total. The molecule has 172 valence electrons. The maximum atomic E-state index is 12.9. The predicted molar refractivity (Wildman–Crippen MR) is 131 cm³/mol. The fraction of sp³-hybridized carbons (Fsp3) is 0.375. The number of carbonyl (C=O) groups excluding carboxylic acids is 1. The molecule has 1 unspecified atom stereocenters. The van der Waals surface area contributed by atoms with Crippen LogP contribution in [0.25, 0.3) is 6.08 Å². The molecule has 0 bridgehead atoms. The predicted octanol–water partition coefficient (Wildman–Crippen LogP) is 2.88. The molecule has 1 saturated heterocycles. The van der Waals surface area contributed by atoms with Gasteiger partial charge in [0.25, 0.3) is 5.91 Å². The van der Waals surface area contributed by atoms with E-state index in [-0.39, 0.29) is 18.3 Å². The van der Waals surface area contributed by atoms with Crippen molar-refractivity contribution < 1.29 is 26.4 Å². The van der Waals surface area contributed by atoms with Crippen LogP contribution in [0.5, 0.6) is 5.75 Å². The zero-order valence-electron chi connectivity index (χ0n) is 18.2. The zero-order valence-corrected chi connectivity index (χ0v) is 21.3. The molecule has 4 rings (SSSR count). The third-order valence-electron chi connectivity index (χ3n) is 6.00. The van der Waals surface area contributed by atoms with Crippen molar-refractivity contribution in [3.05, 3.63) is 63.1 Å². The third-order valence-corrected chi connectivity index (χ3v) is 7.87. The number of carbonyl (C=O) groups is 1. The lowest BCUT2D eigenvalue weighted by Gasteiger charge is -2.35. The van der Waals surface area contributed by atoms with Crippen molar-refractivity contribution in [1.82, 2.24) is 0 Å². The van der Waals surface area contributed by atoms with Crippen LogP contribution in [0, 0.1) is 0 Å². The molecule has 0 aromatic heterocycles. The van der Waals surface area contributed by atoms with Crippen LogP contribution in [-0.2, 0) is 11.3 Å². The van der Waals surface area contributed by atoms with E-state index in [1.54, 1.807) is 12.1 Å². The van der Waals surface area contributed by atoms with Crippen molar-refractivity contribution in [3.8, 4) is 5.75 Å². The lowest BCUT2D eigenvalue weighted by Crippen LogP contribution is -3.00. The maximum Gasteiger partial charge on any atom is 0.251 e. The summed E-state index contributed by atoms with van der Waals surface area (Å²) in [7, 11) is 4.62. The van der Waals surface area contributed by atoms with Gasteiger partial charge in [0.2, 0.25) is 0 Å². The number of ether oxygens (including phenoxy) is 1. The number of hydrogen-bond acceptors (Lipinski definition) is 3. The summed E-state index contributed by atoms with van der Waals surface area (Å²) in [5, 5.41) is 3.89. The van der Waals surface area contributed by atoms with Gasteiger partial charge in [-0.05, 0) is 30.0 Å². The molecule has 2 heterocycles. The first kappa shape index (κ1) is 25.3. The minimum atomic E-state index is -0.130. The number of amides is 1. The van der Waals surface area contributed by atoms with E-state index in [4.69, 9.17) is 27.9 Å². The molecule has 0 spiro atoms. The minimum absolute atomic E-state index is 0. The third kappa shape index (κ3) is 5.95. The number of quaternary nitrogens is 1. The number of benzene rings is 2. The molecule has 0 radical (unpaired) electrons. The van der Waals surface area contributed by atoms with Gasteiger partial charge >= 0.3 is 0 Å². The summed E-state index contributed by atoms with van der Waals surface area (Å²) < 4.78 is 6.74. The van der Waals surface area contributed by atoms with Crippen molar-refractivity contribution in [2.24, 2.45) is 0 Å². The van der Waals surface area contributed by atoms with E-state index in [9.17, 15) is 4.79 Å². The minimum Gasteiger partial charge on any atom is -1.00 e. The van der Waals surface area contributed by atoms with Gasteiger partial charge in [-0.3, -0.25) is 4.79 Å². The highest BCUT2D eigenvalue weighted by molar-refractivity contribution is 7.99. The molecule has 2 aliphatic heterocycles. The molecular formula is C24H27Cl3N2O2S. The van der Waals surface area contributed by atoms with E-state index in [0.717, 1.165) is 22.3 Å². The van der Waals surface area contributed by atoms with Crippen LogP contribution in [0.1, 0.15) is 24.0 Å². The Bertz CT molecular complexity index is 1000. The fourth-order valence-corrected chi connectivity index (χ4v) is 5.84. The molecule has 1 amide bonds. The Balaban J connectivity index is 0.00000289. The van der Waals surface area contributed by atoms with Crippen molar-refractivity contribution in [2.75, 3.05) is 37.5 Å². The Labute approximate surface area is 210 Å². The van der Waals surface area contributed by atoms with Gasteiger partial charge in [-0.2, -0.15) is 11.8 Å². The Morgan fingerprint density at radius 1 is 1.19 bits per heavy atom. The van der Waals surface area contributed by atoms with E-state index in [2.05, 4.69) is 31.5 Å². The van der Waals surface area contributed by atoms with Gasteiger partial charge in [0.1, 0.15) is 12.3 Å². The fourth-order valence-electron chi connectivity index (χ4n) is 4.07. The van der Waals surface area contributed by atoms with Gasteiger partial charge in [-0.25, -0.2) is 0 Å². The van der Waals surface area contributed by atoms with Crippen LogP contribution in [0.2, 0.25) is 10.0 Å². The van der Waals surface area contributed by atoms with Crippen LogP contribution in [0.15, 0.2) is 42.0 Å². The molecule has 2 aromatic carbocycles. The Morgan fingerprint density at radius 2 is 1.91 bits per heavy atom. The van der Waals surface area contributed by atoms with Crippen LogP contribution < -0.4 is 22.5 Å². The molecule has 8 heteroatoms. The van der Waals surface area contributed by atoms with E-state index >= 15 is 0 Å². The summed E-state index contributed by atoms with van der Waals surface area (Å²) in [6, 6.07) is 12.3. The number of halogens is 3. The standard InChI is InChI=1S/C24H26Cl2N2O2S.ClH/c1-28(2,20-8-10-31-15-20)14-16-3-5-19(6-4-16)27-24(29)17-7-9-30-23-13-22(26)21(25)12-18(23)11-17;/h3-6,11-13,20H,7-10,14-15H2,1-2H3;1H. The normalized spacial score (nSPS) is 18.0. The second-order valence-corrected chi connectivity index (χ2v) is 10.6. The first-order valence-electron chi connectivity index (χ1n) is 10.4. The van der Waals surface area contributed by atoms with Gasteiger partial charge in [-0.1, -0.05) is 35.3 Å². The Morgan fingerprint density at radius 3 is 2.59 bits per heavy atom. The van der Waals surface area contributed by atoms with E-state index < -0.39 is 0 Å². The van der Waals surface area contributed by atoms with Gasteiger partial charge in [0, 0.05) is 47.0 Å². The van der Waals surface area contributed by atoms with Crippen LogP contribution in [-0.4, -0.2) is 48.6 Å². The number of nitrogens with one attached hydrogen (secondary N) is 1. The quantitative estimate of drug-likeness (QED) is 0.625. The molecule has 1 fully saturated rings. The molecule has 32 heavy (non-hydrogen) atoms. The second-order valence-electron chi connectivity index (χ2n) is 8.68. The molecule has 2 aromatic rings. The van der Waals surface area contributed by atoms with Gasteiger partial charge in [0.05, 0.1) is 36.8 Å². The number of fused-ring (bicyclic) bond motifs is 1. The van der Waals surface area contributed by atoms with Crippen LogP contribution in [0.3, 0.4) is 0 Å². The molecule has 4 nitrogen and oxygen atoms in total. The van der Waals surface area contributed by atoms with Gasteiger partial charge < -0.3 is 26.9 Å². The highest BCUT2D eigenvalue weighted by Crippen LogP contribution is 2.34. The van der Waals surface area contributed by atoms with Crippen molar-refractivity contribution in [1.29, 1.82) is 0 Å². The Hall–Kier alpha value is -1.37. The summed E-state index contributed by atoms with van der Waals surface area (Å²) in [5.74, 6) is 3.01. The molecule has 0 aliphatic carbocycles.